The van der Waals surface area contributed by atoms with E-state index in [1.807, 2.05) is 5.32 Å². The minimum absolute atomic E-state index is 0.490. The minimum Gasteiger partial charge on any atom is -0.481 e. The van der Waals surface area contributed by atoms with Crippen LogP contribution in [-0.4, -0.2) is 77.0 Å². The number of carbonyl (C=O) groups excluding carboxylic acids is 4. The predicted molar refractivity (Wildman–Crippen MR) is 91.6 cm³/mol. The number of aliphatic carboxylic acids is 2. The van der Waals surface area contributed by atoms with E-state index in [1.54, 1.807) is 0 Å². The third kappa shape index (κ3) is 7.99. The molecule has 1 fully saturated rings. The molecule has 1 saturated heterocycles. The molecule has 0 aromatic heterocycles. The second-order valence-electron chi connectivity index (χ2n) is 6.15. The fourth-order valence-electron chi connectivity index (χ4n) is 2.50. The standard InChI is InChI=1S/C15H23N5O8/c16-10(21)4-8(20-14(26)7-2-1-3-17-7)13(25)18-6-11(22)19-9(15(27)28)5-12(23)24/h7-9,17H,1-6H2,(H2,16,21)(H,18,25)(H,19,22)(H,20,26)(H,23,24)(H,27,28). The number of hydrogen-bond acceptors (Lipinski definition) is 7. The average Bonchev–Trinajstić information content (AvgIpc) is 3.12. The summed E-state index contributed by atoms with van der Waals surface area (Å²) in [5, 5.41) is 26.9. The highest BCUT2D eigenvalue weighted by Crippen LogP contribution is 2.05. The van der Waals surface area contributed by atoms with Crippen molar-refractivity contribution in [1.29, 1.82) is 0 Å². The van der Waals surface area contributed by atoms with E-state index in [1.165, 1.54) is 0 Å². The van der Waals surface area contributed by atoms with Crippen LogP contribution in [0.3, 0.4) is 0 Å². The van der Waals surface area contributed by atoms with Crippen molar-refractivity contribution in [2.75, 3.05) is 13.1 Å². The van der Waals surface area contributed by atoms with E-state index in [-0.39, 0.29) is 0 Å². The Hall–Kier alpha value is -3.22. The first-order valence-electron chi connectivity index (χ1n) is 8.44. The van der Waals surface area contributed by atoms with Gasteiger partial charge < -0.3 is 37.2 Å². The largest absolute Gasteiger partial charge is 0.481 e. The molecule has 1 aliphatic rings. The molecule has 13 nitrogen and oxygen atoms in total. The minimum atomic E-state index is -1.67. The number of nitrogens with two attached hydrogens (primary N) is 1. The maximum absolute atomic E-state index is 12.2. The number of hydrogen-bond donors (Lipinski definition) is 7. The first-order chi connectivity index (χ1) is 13.1. The van der Waals surface area contributed by atoms with Crippen LogP contribution in [0, 0.1) is 0 Å². The predicted octanol–water partition coefficient (Wildman–Crippen LogP) is -3.74. The van der Waals surface area contributed by atoms with Crippen molar-refractivity contribution in [2.45, 2.75) is 43.8 Å². The summed E-state index contributed by atoms with van der Waals surface area (Å²) < 4.78 is 0. The molecule has 0 radical (unpaired) electrons. The van der Waals surface area contributed by atoms with E-state index in [2.05, 4.69) is 16.0 Å². The van der Waals surface area contributed by atoms with Crippen LogP contribution in [0.4, 0.5) is 0 Å². The second kappa shape index (κ2) is 10.8. The molecule has 4 amide bonds. The van der Waals surface area contributed by atoms with Crippen LogP contribution < -0.4 is 27.0 Å². The monoisotopic (exact) mass is 401 g/mol. The van der Waals surface area contributed by atoms with Crippen molar-refractivity contribution in [3.8, 4) is 0 Å². The van der Waals surface area contributed by atoms with Gasteiger partial charge in [0.2, 0.25) is 23.6 Å². The Morgan fingerprint density at radius 1 is 1.04 bits per heavy atom. The van der Waals surface area contributed by atoms with Gasteiger partial charge in [0.1, 0.15) is 12.1 Å². The summed E-state index contributed by atoms with van der Waals surface area (Å²) in [5.41, 5.74) is 5.08. The SMILES string of the molecule is NC(=O)CC(NC(=O)C1CCCN1)C(=O)NCC(=O)NC(CC(=O)O)C(=O)O. The molecule has 28 heavy (non-hydrogen) atoms. The van der Waals surface area contributed by atoms with E-state index in [9.17, 15) is 28.8 Å². The molecule has 8 N–H and O–H groups in total. The second-order valence-corrected chi connectivity index (χ2v) is 6.15. The summed E-state index contributed by atoms with van der Waals surface area (Å²) >= 11 is 0. The van der Waals surface area contributed by atoms with Crippen LogP contribution in [0.2, 0.25) is 0 Å². The zero-order valence-electron chi connectivity index (χ0n) is 14.9. The smallest absolute Gasteiger partial charge is 0.326 e. The fraction of sp³-hybridized carbons (Fsp3) is 0.600. The lowest BCUT2D eigenvalue weighted by Crippen LogP contribution is -2.54. The lowest BCUT2D eigenvalue weighted by molar-refractivity contribution is -0.147. The molecular formula is C15H23N5O8. The highest BCUT2D eigenvalue weighted by atomic mass is 16.4. The summed E-state index contributed by atoms with van der Waals surface area (Å²) in [4.78, 5) is 68.7. The molecule has 0 bridgehead atoms. The number of carbonyl (C=O) groups is 6. The molecule has 0 aromatic carbocycles. The molecule has 1 rings (SSSR count). The van der Waals surface area contributed by atoms with Gasteiger partial charge in [-0.25, -0.2) is 4.79 Å². The van der Waals surface area contributed by atoms with Gasteiger partial charge in [-0.15, -0.1) is 0 Å². The Labute approximate surface area is 159 Å². The molecule has 0 aliphatic carbocycles. The Bertz CT molecular complexity index is 646. The van der Waals surface area contributed by atoms with Crippen molar-refractivity contribution in [3.05, 3.63) is 0 Å². The van der Waals surface area contributed by atoms with Crippen molar-refractivity contribution in [1.82, 2.24) is 21.3 Å². The van der Waals surface area contributed by atoms with Gasteiger partial charge in [-0.05, 0) is 19.4 Å². The average molecular weight is 401 g/mol. The number of carboxylic acids is 2. The third-order valence-electron chi connectivity index (χ3n) is 3.85. The lowest BCUT2D eigenvalue weighted by Gasteiger charge is -2.20. The molecule has 13 heteroatoms. The number of rotatable bonds is 11. The van der Waals surface area contributed by atoms with Crippen molar-refractivity contribution < 1.29 is 39.0 Å². The van der Waals surface area contributed by atoms with Crippen molar-refractivity contribution in [3.63, 3.8) is 0 Å². The van der Waals surface area contributed by atoms with Gasteiger partial charge in [-0.3, -0.25) is 24.0 Å². The summed E-state index contributed by atoms with van der Waals surface area (Å²) in [7, 11) is 0. The summed E-state index contributed by atoms with van der Waals surface area (Å²) in [6.45, 7) is -0.0406. The Balaban J connectivity index is 2.59. The quantitative estimate of drug-likeness (QED) is 0.181. The van der Waals surface area contributed by atoms with Crippen molar-refractivity contribution in [2.24, 2.45) is 5.73 Å². The molecule has 3 unspecified atom stereocenters. The van der Waals surface area contributed by atoms with E-state index in [0.717, 1.165) is 6.42 Å². The van der Waals surface area contributed by atoms with Gasteiger partial charge in [0, 0.05) is 0 Å². The van der Waals surface area contributed by atoms with Crippen LogP contribution in [0.5, 0.6) is 0 Å². The van der Waals surface area contributed by atoms with Gasteiger partial charge in [0.25, 0.3) is 0 Å². The van der Waals surface area contributed by atoms with Gasteiger partial charge >= 0.3 is 11.9 Å². The Morgan fingerprint density at radius 3 is 2.21 bits per heavy atom. The fourth-order valence-corrected chi connectivity index (χ4v) is 2.50. The van der Waals surface area contributed by atoms with Crippen LogP contribution >= 0.6 is 0 Å². The number of amides is 4. The summed E-state index contributed by atoms with van der Waals surface area (Å²) in [6, 6.07) is -3.48. The highest BCUT2D eigenvalue weighted by molar-refractivity contribution is 5.95. The highest BCUT2D eigenvalue weighted by Gasteiger charge is 2.29. The molecular weight excluding hydrogens is 378 g/mol. The lowest BCUT2D eigenvalue weighted by atomic mass is 10.1. The van der Waals surface area contributed by atoms with E-state index in [0.29, 0.717) is 13.0 Å². The summed E-state index contributed by atoms with van der Waals surface area (Å²) in [6.07, 6.45) is 0.0117. The topological polar surface area (TPSA) is 217 Å². The van der Waals surface area contributed by atoms with E-state index < -0.39 is 73.1 Å². The van der Waals surface area contributed by atoms with Crippen LogP contribution in [-0.2, 0) is 28.8 Å². The Kier molecular flexibility index (Phi) is 8.81. The van der Waals surface area contributed by atoms with Gasteiger partial charge in [0.15, 0.2) is 0 Å². The molecule has 0 spiro atoms. The number of carboxylic acid groups (broad SMARTS) is 2. The summed E-state index contributed by atoms with van der Waals surface area (Å²) in [5.74, 6) is -6.15. The van der Waals surface area contributed by atoms with Crippen LogP contribution in [0.25, 0.3) is 0 Å². The molecule has 3 atom stereocenters. The van der Waals surface area contributed by atoms with Gasteiger partial charge in [-0.1, -0.05) is 0 Å². The maximum Gasteiger partial charge on any atom is 0.326 e. The van der Waals surface area contributed by atoms with Gasteiger partial charge in [-0.2, -0.15) is 0 Å². The van der Waals surface area contributed by atoms with Gasteiger partial charge in [0.05, 0.1) is 25.4 Å². The van der Waals surface area contributed by atoms with Crippen LogP contribution in [0.1, 0.15) is 25.7 Å². The zero-order chi connectivity index (χ0) is 21.3. The molecule has 0 saturated carbocycles. The van der Waals surface area contributed by atoms with E-state index >= 15 is 0 Å². The Morgan fingerprint density at radius 2 is 1.71 bits per heavy atom. The number of primary amides is 1. The first-order valence-corrected chi connectivity index (χ1v) is 8.44. The zero-order valence-corrected chi connectivity index (χ0v) is 14.9. The molecule has 0 aromatic rings. The van der Waals surface area contributed by atoms with E-state index in [4.69, 9.17) is 15.9 Å². The maximum atomic E-state index is 12.2. The molecule has 1 aliphatic heterocycles. The molecule has 1 heterocycles. The number of nitrogens with one attached hydrogen (secondary N) is 4. The normalized spacial score (nSPS) is 17.8. The third-order valence-corrected chi connectivity index (χ3v) is 3.85. The molecule has 156 valence electrons. The first kappa shape index (κ1) is 22.8. The van der Waals surface area contributed by atoms with Crippen LogP contribution in [0.15, 0.2) is 0 Å². The van der Waals surface area contributed by atoms with Crippen molar-refractivity contribution >= 4 is 35.6 Å².